The van der Waals surface area contributed by atoms with Crippen LogP contribution in [-0.2, 0) is 6.67 Å². The fraction of sp³-hybridized carbons (Fsp3) is 0.300. The lowest BCUT2D eigenvalue weighted by Crippen LogP contribution is -3.14. The number of nitro groups is 1. The Labute approximate surface area is 173 Å². The quantitative estimate of drug-likeness (QED) is 0.394. The second-order valence-electron chi connectivity index (χ2n) is 7.21. The summed E-state index contributed by atoms with van der Waals surface area (Å²) >= 11 is 5.36. The molecule has 0 atom stereocenters. The molecule has 2 aromatic carbocycles. The van der Waals surface area contributed by atoms with Crippen LogP contribution >= 0.6 is 12.2 Å². The van der Waals surface area contributed by atoms with Crippen molar-refractivity contribution in [2.24, 2.45) is 0 Å². The van der Waals surface area contributed by atoms with Crippen molar-refractivity contribution in [3.63, 3.8) is 0 Å². The number of rotatable bonds is 5. The number of anilines is 1. The van der Waals surface area contributed by atoms with Crippen LogP contribution < -0.4 is 9.80 Å². The van der Waals surface area contributed by atoms with Crippen LogP contribution in [-0.4, -0.2) is 40.9 Å². The SMILES string of the molecule is Cc1ccc(-c2nn(C[NH+]3CCN(c4ccc([N+](=O)[O-])cc4)CC3)c(=S)o2)cc1. The van der Waals surface area contributed by atoms with Gasteiger partial charge in [-0.1, -0.05) is 17.7 Å². The molecular formula is C20H22N5O3S+. The number of quaternary nitrogens is 1. The Morgan fingerprint density at radius 2 is 1.79 bits per heavy atom. The average molecular weight is 412 g/mol. The van der Waals surface area contributed by atoms with Crippen molar-refractivity contribution < 1.29 is 14.2 Å². The van der Waals surface area contributed by atoms with E-state index in [-0.39, 0.29) is 10.6 Å². The fourth-order valence-corrected chi connectivity index (χ4v) is 3.64. The zero-order chi connectivity index (χ0) is 20.4. The molecule has 0 unspecified atom stereocenters. The van der Waals surface area contributed by atoms with Crippen LogP contribution in [0.25, 0.3) is 11.5 Å². The molecule has 1 N–H and O–H groups in total. The first-order valence-corrected chi connectivity index (χ1v) is 9.88. The molecule has 8 nitrogen and oxygen atoms in total. The summed E-state index contributed by atoms with van der Waals surface area (Å²) in [4.78, 5) is 14.4. The Bertz CT molecular complexity index is 1050. The van der Waals surface area contributed by atoms with Crippen LogP contribution in [0.4, 0.5) is 11.4 Å². The van der Waals surface area contributed by atoms with E-state index in [0.29, 0.717) is 17.4 Å². The van der Waals surface area contributed by atoms with Crippen molar-refractivity contribution in [2.45, 2.75) is 13.6 Å². The summed E-state index contributed by atoms with van der Waals surface area (Å²) in [5.74, 6) is 0.541. The topological polar surface area (TPSA) is 81.8 Å². The first kappa shape index (κ1) is 19.3. The molecule has 9 heteroatoms. The van der Waals surface area contributed by atoms with Crippen molar-refractivity contribution in [3.05, 3.63) is 69.0 Å². The van der Waals surface area contributed by atoms with Crippen molar-refractivity contribution >= 4 is 23.6 Å². The number of hydrogen-bond donors (Lipinski definition) is 1. The predicted molar refractivity (Wildman–Crippen MR) is 112 cm³/mol. The minimum Gasteiger partial charge on any atom is -0.409 e. The monoisotopic (exact) mass is 412 g/mol. The minimum atomic E-state index is -0.377. The van der Waals surface area contributed by atoms with Gasteiger partial charge in [-0.05, 0) is 43.4 Å². The molecular weight excluding hydrogens is 390 g/mol. The zero-order valence-electron chi connectivity index (χ0n) is 16.1. The number of piperazine rings is 1. The van der Waals surface area contributed by atoms with Crippen molar-refractivity contribution in [1.29, 1.82) is 0 Å². The highest BCUT2D eigenvalue weighted by Crippen LogP contribution is 2.20. The normalized spacial score (nSPS) is 14.9. The molecule has 0 amide bonds. The van der Waals surface area contributed by atoms with E-state index in [2.05, 4.69) is 10.00 Å². The maximum atomic E-state index is 10.8. The largest absolute Gasteiger partial charge is 0.409 e. The van der Waals surface area contributed by atoms with Gasteiger partial charge in [0.25, 0.3) is 10.5 Å². The third kappa shape index (κ3) is 4.36. The van der Waals surface area contributed by atoms with Gasteiger partial charge in [0.15, 0.2) is 6.67 Å². The number of benzene rings is 2. The van der Waals surface area contributed by atoms with E-state index in [4.69, 9.17) is 16.6 Å². The summed E-state index contributed by atoms with van der Waals surface area (Å²) in [6.07, 6.45) is 0. The van der Waals surface area contributed by atoms with Crippen molar-refractivity contribution in [1.82, 2.24) is 9.78 Å². The van der Waals surface area contributed by atoms with Gasteiger partial charge in [-0.25, -0.2) is 0 Å². The van der Waals surface area contributed by atoms with Crippen LogP contribution in [0.15, 0.2) is 52.9 Å². The molecule has 150 valence electrons. The Kier molecular flexibility index (Phi) is 5.41. The highest BCUT2D eigenvalue weighted by molar-refractivity contribution is 7.71. The van der Waals surface area contributed by atoms with Crippen molar-refractivity contribution in [2.75, 3.05) is 31.1 Å². The Morgan fingerprint density at radius 3 is 2.41 bits per heavy atom. The standard InChI is InChI=1S/C20H21N5O3S/c1-15-2-4-16(5-3-15)19-21-24(20(29)28-19)14-22-10-12-23(13-11-22)17-6-8-18(9-7-17)25(26)27/h2-9H,10-14H2,1H3/p+1. The summed E-state index contributed by atoms with van der Waals surface area (Å²) in [6.45, 7) is 6.27. The summed E-state index contributed by atoms with van der Waals surface area (Å²) in [7, 11) is 0. The third-order valence-corrected chi connectivity index (χ3v) is 5.47. The highest BCUT2D eigenvalue weighted by atomic mass is 32.1. The van der Waals surface area contributed by atoms with Gasteiger partial charge in [0.2, 0.25) is 5.89 Å². The van der Waals surface area contributed by atoms with Crippen LogP contribution in [0.5, 0.6) is 0 Å². The molecule has 3 aromatic rings. The zero-order valence-corrected chi connectivity index (χ0v) is 16.9. The fourth-order valence-electron chi connectivity index (χ4n) is 3.46. The Hall–Kier alpha value is -3.04. The van der Waals surface area contributed by atoms with Crippen molar-refractivity contribution in [3.8, 4) is 11.5 Å². The third-order valence-electron chi connectivity index (χ3n) is 5.17. The smallest absolute Gasteiger partial charge is 0.292 e. The van der Waals surface area contributed by atoms with E-state index in [1.165, 1.54) is 10.5 Å². The van der Waals surface area contributed by atoms with Gasteiger partial charge < -0.3 is 14.2 Å². The van der Waals surface area contributed by atoms with E-state index in [9.17, 15) is 10.1 Å². The van der Waals surface area contributed by atoms with Gasteiger partial charge >= 0.3 is 0 Å². The molecule has 0 bridgehead atoms. The summed E-state index contributed by atoms with van der Waals surface area (Å²) in [5, 5.41) is 15.4. The summed E-state index contributed by atoms with van der Waals surface area (Å²) < 4.78 is 7.44. The Morgan fingerprint density at radius 1 is 1.14 bits per heavy atom. The number of hydrogen-bond acceptors (Lipinski definition) is 6. The molecule has 0 saturated carbocycles. The van der Waals surface area contributed by atoms with Gasteiger partial charge in [0.1, 0.15) is 0 Å². The maximum Gasteiger partial charge on any atom is 0.292 e. The van der Waals surface area contributed by atoms with E-state index >= 15 is 0 Å². The first-order chi connectivity index (χ1) is 14.0. The van der Waals surface area contributed by atoms with Crippen LogP contribution in [0, 0.1) is 21.9 Å². The molecule has 1 aromatic heterocycles. The number of aromatic nitrogens is 2. The molecule has 1 fully saturated rings. The highest BCUT2D eigenvalue weighted by Gasteiger charge is 2.22. The number of non-ortho nitro benzene ring substituents is 1. The second-order valence-corrected chi connectivity index (χ2v) is 7.56. The molecule has 1 aliphatic rings. The number of nitrogens with one attached hydrogen (secondary N) is 1. The van der Waals surface area contributed by atoms with Crippen LogP contribution in [0.2, 0.25) is 0 Å². The van der Waals surface area contributed by atoms with Crippen LogP contribution in [0.1, 0.15) is 5.56 Å². The van der Waals surface area contributed by atoms with Gasteiger partial charge in [0, 0.05) is 23.4 Å². The van der Waals surface area contributed by atoms with Gasteiger partial charge in [-0.15, -0.1) is 5.10 Å². The van der Waals surface area contributed by atoms with Gasteiger partial charge in [-0.2, -0.15) is 4.68 Å². The van der Waals surface area contributed by atoms with E-state index in [1.807, 2.05) is 43.3 Å². The maximum absolute atomic E-state index is 10.8. The average Bonchev–Trinajstić information content (AvgIpc) is 3.09. The molecule has 1 saturated heterocycles. The first-order valence-electron chi connectivity index (χ1n) is 9.47. The second kappa shape index (κ2) is 8.14. The molecule has 1 aliphatic heterocycles. The molecule has 0 spiro atoms. The molecule has 29 heavy (non-hydrogen) atoms. The minimum absolute atomic E-state index is 0.114. The molecule has 2 heterocycles. The molecule has 4 rings (SSSR count). The molecule has 0 radical (unpaired) electrons. The van der Waals surface area contributed by atoms with E-state index in [0.717, 1.165) is 37.4 Å². The lowest BCUT2D eigenvalue weighted by atomic mass is 10.1. The van der Waals surface area contributed by atoms with Gasteiger partial charge in [0.05, 0.1) is 31.1 Å². The summed E-state index contributed by atoms with van der Waals surface area (Å²) in [6, 6.07) is 14.7. The number of aryl methyl sites for hydroxylation is 1. The van der Waals surface area contributed by atoms with E-state index < -0.39 is 0 Å². The van der Waals surface area contributed by atoms with E-state index in [1.54, 1.807) is 16.8 Å². The number of nitrogens with zero attached hydrogens (tertiary/aromatic N) is 4. The summed E-state index contributed by atoms with van der Waals surface area (Å²) in [5.41, 5.74) is 3.22. The lowest BCUT2D eigenvalue weighted by Gasteiger charge is -2.33. The van der Waals surface area contributed by atoms with Crippen LogP contribution in [0.3, 0.4) is 0 Å². The predicted octanol–water partition coefficient (Wildman–Crippen LogP) is 2.45. The Balaban J connectivity index is 1.38. The molecule has 0 aliphatic carbocycles. The van der Waals surface area contributed by atoms with Gasteiger partial charge in [-0.3, -0.25) is 10.1 Å². The number of nitro benzene ring substituents is 1. The lowest BCUT2D eigenvalue weighted by molar-refractivity contribution is -0.924.